The number of anilines is 1. The third-order valence-electron chi connectivity index (χ3n) is 3.33. The van der Waals surface area contributed by atoms with Gasteiger partial charge in [0.15, 0.2) is 0 Å². The first-order chi connectivity index (χ1) is 9.10. The minimum atomic E-state index is -0.154. The van der Waals surface area contributed by atoms with E-state index in [2.05, 4.69) is 10.6 Å². The van der Waals surface area contributed by atoms with Gasteiger partial charge in [0.2, 0.25) is 11.8 Å². The number of piperidine rings is 1. The van der Waals surface area contributed by atoms with Crippen LogP contribution >= 0.6 is 0 Å². The molecule has 0 aromatic heterocycles. The lowest BCUT2D eigenvalue weighted by Crippen LogP contribution is -2.40. The van der Waals surface area contributed by atoms with Gasteiger partial charge in [0.05, 0.1) is 13.0 Å². The second kappa shape index (κ2) is 5.73. The lowest BCUT2D eigenvalue weighted by molar-refractivity contribution is -0.126. The van der Waals surface area contributed by atoms with E-state index in [0.29, 0.717) is 19.4 Å². The molecule has 1 aliphatic heterocycles. The minimum absolute atomic E-state index is 0.0182. The highest BCUT2D eigenvalue weighted by atomic mass is 16.5. The van der Waals surface area contributed by atoms with Crippen LogP contribution in [0.4, 0.5) is 5.69 Å². The van der Waals surface area contributed by atoms with Gasteiger partial charge in [-0.15, -0.1) is 0 Å². The van der Waals surface area contributed by atoms with Crippen LogP contribution in [0.25, 0.3) is 0 Å². The molecule has 1 heterocycles. The first-order valence-electron chi connectivity index (χ1n) is 6.32. The molecule has 102 valence electrons. The van der Waals surface area contributed by atoms with Gasteiger partial charge in [-0.2, -0.15) is 0 Å². The molecular weight excluding hydrogens is 244 g/mol. The molecule has 2 rings (SSSR count). The summed E-state index contributed by atoms with van der Waals surface area (Å²) in [7, 11) is 1.61. The lowest BCUT2D eigenvalue weighted by Gasteiger charge is -2.22. The van der Waals surface area contributed by atoms with Crippen molar-refractivity contribution in [3.8, 4) is 5.75 Å². The zero-order valence-corrected chi connectivity index (χ0v) is 11.2. The summed E-state index contributed by atoms with van der Waals surface area (Å²) in [6.45, 7) is 2.33. The molecule has 2 N–H and O–H groups in total. The Balaban J connectivity index is 2.00. The van der Waals surface area contributed by atoms with Crippen molar-refractivity contribution in [1.29, 1.82) is 0 Å². The fourth-order valence-corrected chi connectivity index (χ4v) is 2.09. The Morgan fingerprint density at radius 3 is 2.84 bits per heavy atom. The number of amides is 2. The van der Waals surface area contributed by atoms with Crippen LogP contribution in [0.5, 0.6) is 5.75 Å². The molecule has 1 saturated heterocycles. The summed E-state index contributed by atoms with van der Waals surface area (Å²) in [5.41, 5.74) is 1.73. The number of rotatable bonds is 3. The number of hydrogen-bond donors (Lipinski definition) is 2. The van der Waals surface area contributed by atoms with Gasteiger partial charge in [-0.25, -0.2) is 0 Å². The fraction of sp³-hybridized carbons (Fsp3) is 0.429. The lowest BCUT2D eigenvalue weighted by atomic mass is 9.98. The Morgan fingerprint density at radius 2 is 2.26 bits per heavy atom. The zero-order valence-electron chi connectivity index (χ0n) is 11.2. The van der Waals surface area contributed by atoms with Crippen molar-refractivity contribution in [3.63, 3.8) is 0 Å². The Bertz CT molecular complexity index is 489. The van der Waals surface area contributed by atoms with Crippen LogP contribution in [0.3, 0.4) is 0 Å². The van der Waals surface area contributed by atoms with Crippen molar-refractivity contribution in [2.45, 2.75) is 19.8 Å². The van der Waals surface area contributed by atoms with Gasteiger partial charge in [-0.1, -0.05) is 0 Å². The Labute approximate surface area is 112 Å². The SMILES string of the molecule is COc1ccc(NC(=O)C2CCC(=O)NC2)c(C)c1. The van der Waals surface area contributed by atoms with Crippen LogP contribution in [0.2, 0.25) is 0 Å². The Kier molecular flexibility index (Phi) is 4.04. The molecule has 0 saturated carbocycles. The third-order valence-corrected chi connectivity index (χ3v) is 3.33. The second-order valence-electron chi connectivity index (χ2n) is 4.71. The molecule has 2 amide bonds. The summed E-state index contributed by atoms with van der Waals surface area (Å²) in [6, 6.07) is 5.51. The predicted octanol–water partition coefficient (Wildman–Crippen LogP) is 1.47. The summed E-state index contributed by atoms with van der Waals surface area (Å²) in [5.74, 6) is 0.581. The highest BCUT2D eigenvalue weighted by Crippen LogP contribution is 2.22. The molecule has 5 nitrogen and oxygen atoms in total. The van der Waals surface area contributed by atoms with Crippen molar-refractivity contribution in [2.75, 3.05) is 19.0 Å². The minimum Gasteiger partial charge on any atom is -0.497 e. The molecule has 0 radical (unpaired) electrons. The van der Waals surface area contributed by atoms with E-state index in [1.165, 1.54) is 0 Å². The molecule has 0 aliphatic carbocycles. The number of ether oxygens (including phenoxy) is 1. The molecule has 0 bridgehead atoms. The number of hydrogen-bond acceptors (Lipinski definition) is 3. The van der Waals surface area contributed by atoms with E-state index in [0.717, 1.165) is 17.0 Å². The van der Waals surface area contributed by atoms with Gasteiger partial charge < -0.3 is 15.4 Å². The van der Waals surface area contributed by atoms with E-state index in [9.17, 15) is 9.59 Å². The maximum Gasteiger partial charge on any atom is 0.229 e. The highest BCUT2D eigenvalue weighted by molar-refractivity contribution is 5.94. The van der Waals surface area contributed by atoms with Gasteiger partial charge in [0.1, 0.15) is 5.75 Å². The molecule has 5 heteroatoms. The Morgan fingerprint density at radius 1 is 1.47 bits per heavy atom. The fourth-order valence-electron chi connectivity index (χ4n) is 2.09. The normalized spacial score (nSPS) is 18.6. The van der Waals surface area contributed by atoms with E-state index in [-0.39, 0.29) is 17.7 Å². The predicted molar refractivity (Wildman–Crippen MR) is 72.1 cm³/mol. The second-order valence-corrected chi connectivity index (χ2v) is 4.71. The quantitative estimate of drug-likeness (QED) is 0.866. The van der Waals surface area contributed by atoms with E-state index < -0.39 is 0 Å². The average Bonchev–Trinajstić information content (AvgIpc) is 2.41. The summed E-state index contributed by atoms with van der Waals surface area (Å²) in [6.07, 6.45) is 1.02. The van der Waals surface area contributed by atoms with Crippen molar-refractivity contribution in [2.24, 2.45) is 5.92 Å². The van der Waals surface area contributed by atoms with Gasteiger partial charge in [0.25, 0.3) is 0 Å². The van der Waals surface area contributed by atoms with Crippen molar-refractivity contribution in [1.82, 2.24) is 5.32 Å². The zero-order chi connectivity index (χ0) is 13.8. The maximum absolute atomic E-state index is 12.1. The van der Waals surface area contributed by atoms with E-state index in [1.54, 1.807) is 7.11 Å². The van der Waals surface area contributed by atoms with E-state index >= 15 is 0 Å². The van der Waals surface area contributed by atoms with Gasteiger partial charge in [0, 0.05) is 18.7 Å². The number of carbonyl (C=O) groups is 2. The topological polar surface area (TPSA) is 67.4 Å². The van der Waals surface area contributed by atoms with Gasteiger partial charge in [-0.3, -0.25) is 9.59 Å². The van der Waals surface area contributed by atoms with Crippen molar-refractivity contribution < 1.29 is 14.3 Å². The van der Waals surface area contributed by atoms with Crippen molar-refractivity contribution >= 4 is 17.5 Å². The molecule has 1 aromatic rings. The molecular formula is C14H18N2O3. The highest BCUT2D eigenvalue weighted by Gasteiger charge is 2.24. The van der Waals surface area contributed by atoms with Gasteiger partial charge >= 0.3 is 0 Å². The monoisotopic (exact) mass is 262 g/mol. The summed E-state index contributed by atoms with van der Waals surface area (Å²) in [4.78, 5) is 23.1. The molecule has 1 unspecified atom stereocenters. The van der Waals surface area contributed by atoms with Crippen LogP contribution in [-0.2, 0) is 9.59 Å². The summed E-state index contributed by atoms with van der Waals surface area (Å²) < 4.78 is 5.12. The summed E-state index contributed by atoms with van der Waals surface area (Å²) >= 11 is 0. The molecule has 1 aromatic carbocycles. The number of nitrogens with one attached hydrogen (secondary N) is 2. The van der Waals surface area contributed by atoms with Crippen molar-refractivity contribution in [3.05, 3.63) is 23.8 Å². The summed E-state index contributed by atoms with van der Waals surface area (Å²) in [5, 5.41) is 5.61. The number of aryl methyl sites for hydroxylation is 1. The van der Waals surface area contributed by atoms with E-state index in [1.807, 2.05) is 25.1 Å². The Hall–Kier alpha value is -2.04. The van der Waals surface area contributed by atoms with Crippen LogP contribution in [0, 0.1) is 12.8 Å². The largest absolute Gasteiger partial charge is 0.497 e. The van der Waals surface area contributed by atoms with Gasteiger partial charge in [-0.05, 0) is 37.1 Å². The molecule has 0 spiro atoms. The standard InChI is InChI=1S/C14H18N2O3/c1-9-7-11(19-2)4-5-12(9)16-14(18)10-3-6-13(17)15-8-10/h4-5,7,10H,3,6,8H2,1-2H3,(H,15,17)(H,16,18). The third kappa shape index (κ3) is 3.24. The molecule has 1 fully saturated rings. The maximum atomic E-state index is 12.1. The smallest absolute Gasteiger partial charge is 0.229 e. The number of benzene rings is 1. The molecule has 1 aliphatic rings. The first kappa shape index (κ1) is 13.4. The number of carbonyl (C=O) groups excluding carboxylic acids is 2. The van der Waals surface area contributed by atoms with Crippen LogP contribution < -0.4 is 15.4 Å². The average molecular weight is 262 g/mol. The van der Waals surface area contributed by atoms with Crippen LogP contribution in [0.15, 0.2) is 18.2 Å². The first-order valence-corrected chi connectivity index (χ1v) is 6.32. The van der Waals surface area contributed by atoms with Crippen LogP contribution in [0.1, 0.15) is 18.4 Å². The number of methoxy groups -OCH3 is 1. The van der Waals surface area contributed by atoms with Crippen LogP contribution in [-0.4, -0.2) is 25.5 Å². The molecule has 19 heavy (non-hydrogen) atoms. The molecule has 1 atom stereocenters. The van der Waals surface area contributed by atoms with E-state index in [4.69, 9.17) is 4.74 Å².